The molecule has 0 aliphatic rings. The fourth-order valence-corrected chi connectivity index (χ4v) is 3.93. The molecule has 0 fully saturated rings. The van der Waals surface area contributed by atoms with E-state index >= 15 is 0 Å². The van der Waals surface area contributed by atoms with E-state index in [2.05, 4.69) is 60.8 Å². The lowest BCUT2D eigenvalue weighted by Crippen LogP contribution is -2.32. The highest BCUT2D eigenvalue weighted by Gasteiger charge is 2.05. The standard InChI is InChI=1S/C16H13I2N3O2S/c1-9(22)20-16(24)21-13-4-2-12(3-5-13)19-8-10-6-11(17)7-14(18)15(10)23/h2-8,23H,1H3,(H2,20,21,22,24). The van der Waals surface area contributed by atoms with E-state index in [1.54, 1.807) is 18.3 Å². The van der Waals surface area contributed by atoms with Crippen molar-refractivity contribution < 1.29 is 9.90 Å². The van der Waals surface area contributed by atoms with Gasteiger partial charge in [0, 0.05) is 28.0 Å². The Bertz CT molecular complexity index is 808. The van der Waals surface area contributed by atoms with Crippen molar-refractivity contribution in [2.45, 2.75) is 6.92 Å². The molecule has 0 bridgehead atoms. The predicted octanol–water partition coefficient (Wildman–Crippen LogP) is 4.18. The van der Waals surface area contributed by atoms with Crippen LogP contribution < -0.4 is 10.6 Å². The number of rotatable bonds is 3. The van der Waals surface area contributed by atoms with Crippen LogP contribution in [0.1, 0.15) is 12.5 Å². The molecule has 0 aliphatic carbocycles. The maximum Gasteiger partial charge on any atom is 0.222 e. The Morgan fingerprint density at radius 3 is 2.54 bits per heavy atom. The lowest BCUT2D eigenvalue weighted by atomic mass is 10.2. The first-order valence-electron chi connectivity index (χ1n) is 6.76. The smallest absolute Gasteiger partial charge is 0.222 e. The van der Waals surface area contributed by atoms with Crippen LogP contribution in [0.2, 0.25) is 0 Å². The molecule has 0 atom stereocenters. The highest BCUT2D eigenvalue weighted by molar-refractivity contribution is 14.1. The second-order valence-electron chi connectivity index (χ2n) is 4.77. The number of thiocarbonyl (C=S) groups is 1. The quantitative estimate of drug-likeness (QED) is 0.297. The molecular formula is C16H13I2N3O2S. The van der Waals surface area contributed by atoms with Gasteiger partial charge in [0.15, 0.2) is 5.11 Å². The molecule has 0 unspecified atom stereocenters. The molecule has 0 saturated carbocycles. The highest BCUT2D eigenvalue weighted by Crippen LogP contribution is 2.26. The first kappa shape index (κ1) is 19.1. The Balaban J connectivity index is 2.09. The van der Waals surface area contributed by atoms with Crippen LogP contribution >= 0.6 is 57.4 Å². The Kier molecular flexibility index (Phi) is 6.92. The number of carbonyl (C=O) groups excluding carboxylic acids is 1. The molecular weight excluding hydrogens is 552 g/mol. The van der Waals surface area contributed by atoms with Crippen LogP contribution in [0, 0.1) is 7.14 Å². The first-order valence-corrected chi connectivity index (χ1v) is 9.32. The molecule has 124 valence electrons. The fraction of sp³-hybridized carbons (Fsp3) is 0.0625. The number of benzene rings is 2. The molecule has 0 aliphatic heterocycles. The average molecular weight is 565 g/mol. The molecule has 24 heavy (non-hydrogen) atoms. The van der Waals surface area contributed by atoms with Crippen LogP contribution in [-0.2, 0) is 4.79 Å². The largest absolute Gasteiger partial charge is 0.506 e. The number of amides is 1. The van der Waals surface area contributed by atoms with Crippen LogP contribution in [0.4, 0.5) is 11.4 Å². The molecule has 1 amide bonds. The van der Waals surface area contributed by atoms with Gasteiger partial charge in [0.1, 0.15) is 5.75 Å². The van der Waals surface area contributed by atoms with E-state index in [1.165, 1.54) is 6.92 Å². The number of phenols is 1. The van der Waals surface area contributed by atoms with Crippen molar-refractivity contribution in [1.82, 2.24) is 5.32 Å². The number of aromatic hydroxyl groups is 1. The number of hydrogen-bond acceptors (Lipinski definition) is 4. The lowest BCUT2D eigenvalue weighted by molar-refractivity contribution is -0.117. The van der Waals surface area contributed by atoms with Gasteiger partial charge >= 0.3 is 0 Å². The van der Waals surface area contributed by atoms with Gasteiger partial charge in [-0.25, -0.2) is 0 Å². The van der Waals surface area contributed by atoms with Gasteiger partial charge in [0.05, 0.1) is 9.26 Å². The summed E-state index contributed by atoms with van der Waals surface area (Å²) in [7, 11) is 0. The van der Waals surface area contributed by atoms with Crippen molar-refractivity contribution in [3.8, 4) is 5.75 Å². The van der Waals surface area contributed by atoms with Crippen LogP contribution in [-0.4, -0.2) is 22.3 Å². The number of aliphatic imine (C=N–C) groups is 1. The first-order chi connectivity index (χ1) is 11.3. The van der Waals surface area contributed by atoms with Gasteiger partial charge < -0.3 is 15.7 Å². The molecule has 2 aromatic carbocycles. The van der Waals surface area contributed by atoms with Gasteiger partial charge in [-0.1, -0.05) is 0 Å². The zero-order chi connectivity index (χ0) is 17.7. The Morgan fingerprint density at radius 2 is 1.92 bits per heavy atom. The van der Waals surface area contributed by atoms with Gasteiger partial charge in [0.25, 0.3) is 0 Å². The van der Waals surface area contributed by atoms with E-state index in [0.717, 1.165) is 18.5 Å². The molecule has 5 nitrogen and oxygen atoms in total. The van der Waals surface area contributed by atoms with E-state index in [1.807, 2.05) is 24.3 Å². The molecule has 2 aromatic rings. The summed E-state index contributed by atoms with van der Waals surface area (Å²) in [5, 5.41) is 15.7. The van der Waals surface area contributed by atoms with E-state index in [4.69, 9.17) is 12.2 Å². The second-order valence-corrected chi connectivity index (χ2v) is 7.58. The molecule has 8 heteroatoms. The van der Waals surface area contributed by atoms with Gasteiger partial charge in [-0.2, -0.15) is 0 Å². The number of anilines is 1. The van der Waals surface area contributed by atoms with Crippen LogP contribution in [0.5, 0.6) is 5.75 Å². The van der Waals surface area contributed by atoms with Crippen LogP contribution in [0.15, 0.2) is 41.4 Å². The van der Waals surface area contributed by atoms with Crippen LogP contribution in [0.25, 0.3) is 0 Å². The van der Waals surface area contributed by atoms with E-state index in [9.17, 15) is 9.90 Å². The fourth-order valence-electron chi connectivity index (χ4n) is 1.78. The molecule has 0 radical (unpaired) electrons. The minimum atomic E-state index is -0.222. The number of carbonyl (C=O) groups is 1. The summed E-state index contributed by atoms with van der Waals surface area (Å²) in [4.78, 5) is 15.3. The van der Waals surface area contributed by atoms with Crippen molar-refractivity contribution in [3.05, 3.63) is 49.1 Å². The summed E-state index contributed by atoms with van der Waals surface area (Å²) in [6, 6.07) is 11.0. The number of phenolic OH excluding ortho intramolecular Hbond substituents is 1. The van der Waals surface area contributed by atoms with E-state index < -0.39 is 0 Å². The van der Waals surface area contributed by atoms with Crippen molar-refractivity contribution >= 4 is 86.0 Å². The Morgan fingerprint density at radius 1 is 1.25 bits per heavy atom. The summed E-state index contributed by atoms with van der Waals surface area (Å²) in [6.45, 7) is 1.40. The van der Waals surface area contributed by atoms with Crippen molar-refractivity contribution in [2.75, 3.05) is 5.32 Å². The van der Waals surface area contributed by atoms with Gasteiger partial charge in [-0.15, -0.1) is 0 Å². The third-order valence-corrected chi connectivity index (χ3v) is 4.47. The highest BCUT2D eigenvalue weighted by atomic mass is 127. The Labute approximate surface area is 172 Å². The molecule has 3 N–H and O–H groups in total. The zero-order valence-electron chi connectivity index (χ0n) is 12.5. The average Bonchev–Trinajstić information content (AvgIpc) is 2.50. The minimum absolute atomic E-state index is 0.221. The summed E-state index contributed by atoms with van der Waals surface area (Å²) >= 11 is 9.28. The number of nitrogens with zero attached hydrogens (tertiary/aromatic N) is 1. The number of nitrogens with one attached hydrogen (secondary N) is 2. The summed E-state index contributed by atoms with van der Waals surface area (Å²) in [5.41, 5.74) is 2.15. The molecule has 0 spiro atoms. The zero-order valence-corrected chi connectivity index (χ0v) is 17.6. The van der Waals surface area contributed by atoms with E-state index in [0.29, 0.717) is 5.56 Å². The summed E-state index contributed by atoms with van der Waals surface area (Å²) in [5.74, 6) is -0.000591. The van der Waals surface area contributed by atoms with Crippen molar-refractivity contribution in [2.24, 2.45) is 4.99 Å². The van der Waals surface area contributed by atoms with Gasteiger partial charge in [-0.05, 0) is 93.8 Å². The van der Waals surface area contributed by atoms with E-state index in [-0.39, 0.29) is 16.8 Å². The monoisotopic (exact) mass is 565 g/mol. The lowest BCUT2D eigenvalue weighted by Gasteiger charge is -2.07. The van der Waals surface area contributed by atoms with Crippen molar-refractivity contribution in [1.29, 1.82) is 0 Å². The maximum atomic E-state index is 10.9. The molecule has 0 saturated heterocycles. The second kappa shape index (κ2) is 8.72. The Hall–Kier alpha value is -1.27. The van der Waals surface area contributed by atoms with Gasteiger partial charge in [0.2, 0.25) is 5.91 Å². The number of hydrogen-bond donors (Lipinski definition) is 3. The molecule has 2 rings (SSSR count). The molecule has 0 aromatic heterocycles. The SMILES string of the molecule is CC(=O)NC(=S)Nc1ccc(N=Cc2cc(I)cc(I)c2O)cc1. The number of halogens is 2. The molecule has 0 heterocycles. The van der Waals surface area contributed by atoms with Crippen LogP contribution in [0.3, 0.4) is 0 Å². The summed E-state index contributed by atoms with van der Waals surface area (Å²) in [6.07, 6.45) is 1.63. The summed E-state index contributed by atoms with van der Waals surface area (Å²) < 4.78 is 1.81. The minimum Gasteiger partial charge on any atom is -0.506 e. The maximum absolute atomic E-state index is 10.9. The predicted molar refractivity (Wildman–Crippen MR) is 117 cm³/mol. The van der Waals surface area contributed by atoms with Gasteiger partial charge in [-0.3, -0.25) is 9.79 Å². The third kappa shape index (κ3) is 5.67. The topological polar surface area (TPSA) is 73.7 Å². The van der Waals surface area contributed by atoms with Crippen molar-refractivity contribution in [3.63, 3.8) is 0 Å². The third-order valence-electron chi connectivity index (χ3n) is 2.83. The normalized spacial score (nSPS) is 10.6.